The summed E-state index contributed by atoms with van der Waals surface area (Å²) < 4.78 is 33.2. The standard InChI is InChI=1S/C19H24N2O4S/c1-13-5-8-17(15(3)11-13)21-26(23,24)18-12-16(7-6-14(18)2)19(22)20-9-10-25-4/h5-8,11-12,21H,9-10H2,1-4H3,(H,20,22). The first-order valence-corrected chi connectivity index (χ1v) is 9.71. The van der Waals surface area contributed by atoms with Gasteiger partial charge >= 0.3 is 0 Å². The summed E-state index contributed by atoms with van der Waals surface area (Å²) in [6, 6.07) is 10.1. The van der Waals surface area contributed by atoms with Gasteiger partial charge in [0.25, 0.3) is 15.9 Å². The molecule has 0 radical (unpaired) electrons. The van der Waals surface area contributed by atoms with E-state index in [-0.39, 0.29) is 16.4 Å². The van der Waals surface area contributed by atoms with Gasteiger partial charge in [-0.2, -0.15) is 0 Å². The Labute approximate surface area is 154 Å². The monoisotopic (exact) mass is 376 g/mol. The molecule has 26 heavy (non-hydrogen) atoms. The smallest absolute Gasteiger partial charge is 0.262 e. The minimum absolute atomic E-state index is 0.0804. The summed E-state index contributed by atoms with van der Waals surface area (Å²) in [7, 11) is -2.27. The van der Waals surface area contributed by atoms with Crippen molar-refractivity contribution in [1.82, 2.24) is 5.32 Å². The molecule has 0 saturated carbocycles. The number of nitrogens with one attached hydrogen (secondary N) is 2. The number of ether oxygens (including phenoxy) is 1. The molecular formula is C19H24N2O4S. The average molecular weight is 376 g/mol. The van der Waals surface area contributed by atoms with E-state index in [1.165, 1.54) is 6.07 Å². The van der Waals surface area contributed by atoms with Crippen molar-refractivity contribution in [1.29, 1.82) is 0 Å². The van der Waals surface area contributed by atoms with Gasteiger partial charge in [0.15, 0.2) is 0 Å². The predicted molar refractivity (Wildman–Crippen MR) is 102 cm³/mol. The van der Waals surface area contributed by atoms with E-state index < -0.39 is 10.0 Å². The lowest BCUT2D eigenvalue weighted by molar-refractivity contribution is 0.0937. The van der Waals surface area contributed by atoms with Crippen LogP contribution in [0.1, 0.15) is 27.0 Å². The molecule has 0 aliphatic carbocycles. The minimum atomic E-state index is -3.82. The molecule has 1 amide bonds. The maximum atomic E-state index is 12.8. The topological polar surface area (TPSA) is 84.5 Å². The summed E-state index contributed by atoms with van der Waals surface area (Å²) in [5.74, 6) is -0.343. The molecule has 2 aromatic carbocycles. The molecular weight excluding hydrogens is 352 g/mol. The molecule has 7 heteroatoms. The number of methoxy groups -OCH3 is 1. The molecule has 0 fully saturated rings. The van der Waals surface area contributed by atoms with Gasteiger partial charge in [0.05, 0.1) is 17.2 Å². The van der Waals surface area contributed by atoms with Crippen molar-refractivity contribution < 1.29 is 17.9 Å². The molecule has 0 spiro atoms. The molecule has 2 aromatic rings. The van der Waals surface area contributed by atoms with E-state index in [1.807, 2.05) is 26.0 Å². The van der Waals surface area contributed by atoms with Crippen molar-refractivity contribution in [2.24, 2.45) is 0 Å². The fraction of sp³-hybridized carbons (Fsp3) is 0.316. The molecule has 0 atom stereocenters. The Morgan fingerprint density at radius 3 is 2.42 bits per heavy atom. The molecule has 0 aromatic heterocycles. The summed E-state index contributed by atoms with van der Waals surface area (Å²) in [4.78, 5) is 12.3. The highest BCUT2D eigenvalue weighted by molar-refractivity contribution is 7.92. The number of benzene rings is 2. The highest BCUT2D eigenvalue weighted by Crippen LogP contribution is 2.23. The van der Waals surface area contributed by atoms with E-state index >= 15 is 0 Å². The van der Waals surface area contributed by atoms with E-state index in [0.29, 0.717) is 24.4 Å². The summed E-state index contributed by atoms with van der Waals surface area (Å²) >= 11 is 0. The summed E-state index contributed by atoms with van der Waals surface area (Å²) in [5, 5.41) is 2.68. The van der Waals surface area contributed by atoms with Crippen LogP contribution in [0.3, 0.4) is 0 Å². The van der Waals surface area contributed by atoms with Gasteiger partial charge in [0.2, 0.25) is 0 Å². The van der Waals surface area contributed by atoms with Gasteiger partial charge in [-0.25, -0.2) is 8.42 Å². The third kappa shape index (κ3) is 4.83. The maximum absolute atomic E-state index is 12.8. The Morgan fingerprint density at radius 1 is 1.04 bits per heavy atom. The van der Waals surface area contributed by atoms with Crippen molar-refractivity contribution >= 4 is 21.6 Å². The number of hydrogen-bond acceptors (Lipinski definition) is 4. The highest BCUT2D eigenvalue weighted by atomic mass is 32.2. The van der Waals surface area contributed by atoms with Gasteiger partial charge < -0.3 is 10.1 Å². The highest BCUT2D eigenvalue weighted by Gasteiger charge is 2.20. The van der Waals surface area contributed by atoms with Crippen molar-refractivity contribution in [3.8, 4) is 0 Å². The van der Waals surface area contributed by atoms with Gasteiger partial charge in [-0.3, -0.25) is 9.52 Å². The molecule has 2 rings (SSSR count). The first-order valence-electron chi connectivity index (χ1n) is 8.22. The number of carbonyl (C=O) groups is 1. The number of sulfonamides is 1. The van der Waals surface area contributed by atoms with Crippen LogP contribution in [0, 0.1) is 20.8 Å². The van der Waals surface area contributed by atoms with Crippen molar-refractivity contribution in [3.63, 3.8) is 0 Å². The molecule has 6 nitrogen and oxygen atoms in total. The Morgan fingerprint density at radius 2 is 1.77 bits per heavy atom. The van der Waals surface area contributed by atoms with Gasteiger partial charge in [0.1, 0.15) is 0 Å². The second-order valence-corrected chi connectivity index (χ2v) is 7.80. The molecule has 0 bridgehead atoms. The quantitative estimate of drug-likeness (QED) is 0.728. The number of amides is 1. The van der Waals surface area contributed by atoms with Gasteiger partial charge in [-0.15, -0.1) is 0 Å². The molecule has 0 saturated heterocycles. The Bertz CT molecular complexity index is 908. The van der Waals surface area contributed by atoms with Crippen LogP contribution in [0.15, 0.2) is 41.3 Å². The van der Waals surface area contributed by atoms with Crippen molar-refractivity contribution in [2.75, 3.05) is 25.0 Å². The van der Waals surface area contributed by atoms with E-state index in [4.69, 9.17) is 4.74 Å². The first-order chi connectivity index (χ1) is 12.2. The van der Waals surface area contributed by atoms with Crippen LogP contribution >= 0.6 is 0 Å². The zero-order valence-electron chi connectivity index (χ0n) is 15.4. The molecule has 140 valence electrons. The summed E-state index contributed by atoms with van der Waals surface area (Å²) in [6.45, 7) is 6.23. The molecule has 0 aliphatic heterocycles. The van der Waals surface area contributed by atoms with Crippen molar-refractivity contribution in [3.05, 3.63) is 58.7 Å². The van der Waals surface area contributed by atoms with Crippen LogP contribution in [0.25, 0.3) is 0 Å². The van der Waals surface area contributed by atoms with Gasteiger partial charge in [0, 0.05) is 19.2 Å². The third-order valence-corrected chi connectivity index (χ3v) is 5.47. The van der Waals surface area contributed by atoms with Crippen LogP contribution in [-0.2, 0) is 14.8 Å². The second kappa shape index (κ2) is 8.33. The maximum Gasteiger partial charge on any atom is 0.262 e. The Hall–Kier alpha value is -2.38. The second-order valence-electron chi connectivity index (χ2n) is 6.15. The number of carbonyl (C=O) groups excluding carboxylic acids is 1. The number of hydrogen-bond donors (Lipinski definition) is 2. The molecule has 0 aliphatic rings. The predicted octanol–water partition coefficient (Wildman–Crippen LogP) is 2.79. The van der Waals surface area contributed by atoms with E-state index in [9.17, 15) is 13.2 Å². The fourth-order valence-corrected chi connectivity index (χ4v) is 3.93. The lowest BCUT2D eigenvalue weighted by atomic mass is 10.1. The number of anilines is 1. The SMILES string of the molecule is COCCNC(=O)c1ccc(C)c(S(=O)(=O)Nc2ccc(C)cc2C)c1. The van der Waals surface area contributed by atoms with E-state index in [1.54, 1.807) is 32.2 Å². The van der Waals surface area contributed by atoms with Crippen LogP contribution in [0.5, 0.6) is 0 Å². The van der Waals surface area contributed by atoms with Crippen LogP contribution < -0.4 is 10.0 Å². The first kappa shape index (κ1) is 19.9. The zero-order valence-corrected chi connectivity index (χ0v) is 16.2. The fourth-order valence-electron chi connectivity index (χ4n) is 2.53. The van der Waals surface area contributed by atoms with Crippen LogP contribution in [0.4, 0.5) is 5.69 Å². The van der Waals surface area contributed by atoms with Crippen LogP contribution in [-0.4, -0.2) is 34.6 Å². The minimum Gasteiger partial charge on any atom is -0.383 e. The summed E-state index contributed by atoms with van der Waals surface area (Å²) in [5.41, 5.74) is 3.25. The number of rotatable bonds is 7. The van der Waals surface area contributed by atoms with E-state index in [2.05, 4.69) is 10.0 Å². The Kier molecular flexibility index (Phi) is 6.39. The lowest BCUT2D eigenvalue weighted by Gasteiger charge is -2.14. The Balaban J connectivity index is 2.30. The average Bonchev–Trinajstić information content (AvgIpc) is 2.57. The summed E-state index contributed by atoms with van der Waals surface area (Å²) in [6.07, 6.45) is 0. The number of aryl methyl sites for hydroxylation is 3. The largest absolute Gasteiger partial charge is 0.383 e. The normalized spacial score (nSPS) is 11.2. The molecule has 0 heterocycles. The lowest BCUT2D eigenvalue weighted by Crippen LogP contribution is -2.27. The van der Waals surface area contributed by atoms with Crippen LogP contribution in [0.2, 0.25) is 0 Å². The van der Waals surface area contributed by atoms with Crippen molar-refractivity contribution in [2.45, 2.75) is 25.7 Å². The van der Waals surface area contributed by atoms with E-state index in [0.717, 1.165) is 11.1 Å². The molecule has 0 unspecified atom stereocenters. The molecule has 2 N–H and O–H groups in total. The van der Waals surface area contributed by atoms with Gasteiger partial charge in [-0.05, 0) is 50.1 Å². The zero-order chi connectivity index (χ0) is 19.3. The van der Waals surface area contributed by atoms with Gasteiger partial charge in [-0.1, -0.05) is 23.8 Å². The third-order valence-electron chi connectivity index (χ3n) is 3.96.